The Kier molecular flexibility index (Phi) is 6.05. The Morgan fingerprint density at radius 2 is 1.85 bits per heavy atom. The van der Waals surface area contributed by atoms with Crippen molar-refractivity contribution in [3.8, 4) is 0 Å². The minimum atomic E-state index is -0.866. The molecule has 6 heteroatoms. The molecule has 2 amide bonds. The second-order valence-electron chi connectivity index (χ2n) is 8.51. The summed E-state index contributed by atoms with van der Waals surface area (Å²) in [6.45, 7) is 0.565. The molecule has 1 aromatic carbocycles. The second-order valence-corrected chi connectivity index (χ2v) is 8.51. The van der Waals surface area contributed by atoms with Crippen LogP contribution in [-0.2, 0) is 11.2 Å². The van der Waals surface area contributed by atoms with Crippen molar-refractivity contribution in [3.63, 3.8) is 0 Å². The SMILES string of the molecule is O=C(O)CCC(Cc1ccccc1)NC(=O)NCC1(CO)CC2(CCC2)C1. The van der Waals surface area contributed by atoms with E-state index >= 15 is 0 Å². The lowest BCUT2D eigenvalue weighted by molar-refractivity contribution is -0.137. The van der Waals surface area contributed by atoms with Gasteiger partial charge in [0.15, 0.2) is 0 Å². The first-order valence-electron chi connectivity index (χ1n) is 9.85. The fraction of sp³-hybridized carbons (Fsp3) is 0.619. The van der Waals surface area contributed by atoms with E-state index in [4.69, 9.17) is 5.11 Å². The maximum absolute atomic E-state index is 12.4. The highest BCUT2D eigenvalue weighted by atomic mass is 16.4. The van der Waals surface area contributed by atoms with E-state index in [1.54, 1.807) is 0 Å². The van der Waals surface area contributed by atoms with E-state index in [1.165, 1.54) is 19.3 Å². The number of hydrogen-bond acceptors (Lipinski definition) is 3. The van der Waals surface area contributed by atoms with E-state index in [0.29, 0.717) is 24.8 Å². The van der Waals surface area contributed by atoms with Crippen LogP contribution in [0.4, 0.5) is 4.79 Å². The highest BCUT2D eigenvalue weighted by Crippen LogP contribution is 2.63. The first-order chi connectivity index (χ1) is 12.9. The van der Waals surface area contributed by atoms with Crippen LogP contribution in [0.3, 0.4) is 0 Å². The van der Waals surface area contributed by atoms with Crippen molar-refractivity contribution < 1.29 is 19.8 Å². The van der Waals surface area contributed by atoms with Crippen molar-refractivity contribution in [3.05, 3.63) is 35.9 Å². The minimum Gasteiger partial charge on any atom is -0.481 e. The Bertz CT molecular complexity index is 649. The fourth-order valence-electron chi connectivity index (χ4n) is 4.79. The molecule has 2 aliphatic rings. The molecule has 0 radical (unpaired) electrons. The third-order valence-corrected chi connectivity index (χ3v) is 6.24. The van der Waals surface area contributed by atoms with Gasteiger partial charge in [0.25, 0.3) is 0 Å². The Balaban J connectivity index is 1.49. The smallest absolute Gasteiger partial charge is 0.315 e. The topological polar surface area (TPSA) is 98.7 Å². The maximum atomic E-state index is 12.4. The number of hydrogen-bond donors (Lipinski definition) is 4. The number of aliphatic hydroxyl groups excluding tert-OH is 1. The molecule has 1 atom stereocenters. The summed E-state index contributed by atoms with van der Waals surface area (Å²) in [5, 5.41) is 24.6. The summed E-state index contributed by atoms with van der Waals surface area (Å²) < 4.78 is 0. The van der Waals surface area contributed by atoms with Gasteiger partial charge in [-0.2, -0.15) is 0 Å². The zero-order valence-corrected chi connectivity index (χ0v) is 15.7. The molecule has 0 heterocycles. The van der Waals surface area contributed by atoms with Gasteiger partial charge in [0.2, 0.25) is 0 Å². The average molecular weight is 374 g/mol. The van der Waals surface area contributed by atoms with Crippen LogP contribution in [0.25, 0.3) is 0 Å². The highest BCUT2D eigenvalue weighted by molar-refractivity contribution is 5.74. The van der Waals surface area contributed by atoms with Crippen molar-refractivity contribution in [2.75, 3.05) is 13.2 Å². The van der Waals surface area contributed by atoms with Gasteiger partial charge in [-0.3, -0.25) is 4.79 Å². The quantitative estimate of drug-likeness (QED) is 0.534. The first-order valence-corrected chi connectivity index (χ1v) is 9.85. The van der Waals surface area contributed by atoms with Gasteiger partial charge in [-0.15, -0.1) is 0 Å². The van der Waals surface area contributed by atoms with Crippen LogP contribution in [0.15, 0.2) is 30.3 Å². The summed E-state index contributed by atoms with van der Waals surface area (Å²) in [5.74, 6) is -0.866. The molecule has 0 saturated heterocycles. The normalized spacial score (nSPS) is 20.2. The summed E-state index contributed by atoms with van der Waals surface area (Å²) in [4.78, 5) is 23.3. The molecule has 1 spiro atoms. The molecular weight excluding hydrogens is 344 g/mol. The zero-order valence-electron chi connectivity index (χ0n) is 15.7. The Labute approximate surface area is 160 Å². The van der Waals surface area contributed by atoms with E-state index in [-0.39, 0.29) is 30.5 Å². The molecule has 4 N–H and O–H groups in total. The summed E-state index contributed by atoms with van der Waals surface area (Å²) in [7, 11) is 0. The Morgan fingerprint density at radius 1 is 1.15 bits per heavy atom. The van der Waals surface area contributed by atoms with Gasteiger partial charge < -0.3 is 20.8 Å². The lowest BCUT2D eigenvalue weighted by atomic mass is 9.45. The largest absolute Gasteiger partial charge is 0.481 e. The Morgan fingerprint density at radius 3 is 2.41 bits per heavy atom. The van der Waals surface area contributed by atoms with Crippen LogP contribution < -0.4 is 10.6 Å². The molecule has 2 aliphatic carbocycles. The summed E-state index contributed by atoms with van der Waals surface area (Å²) in [6, 6.07) is 9.21. The maximum Gasteiger partial charge on any atom is 0.315 e. The molecule has 148 valence electrons. The molecular formula is C21H30N2O4. The third-order valence-electron chi connectivity index (χ3n) is 6.24. The molecule has 0 bridgehead atoms. The zero-order chi connectivity index (χ0) is 19.3. The third kappa shape index (κ3) is 5.01. The fourth-order valence-corrected chi connectivity index (χ4v) is 4.79. The Hall–Kier alpha value is -2.08. The van der Waals surface area contributed by atoms with Crippen molar-refractivity contribution >= 4 is 12.0 Å². The molecule has 0 aromatic heterocycles. The summed E-state index contributed by atoms with van der Waals surface area (Å²) in [5.41, 5.74) is 1.30. The van der Waals surface area contributed by atoms with Gasteiger partial charge in [-0.05, 0) is 49.5 Å². The molecule has 2 fully saturated rings. The minimum absolute atomic E-state index is 0.0148. The second kappa shape index (κ2) is 8.30. The number of aliphatic hydroxyl groups is 1. The molecule has 1 unspecified atom stereocenters. The number of carboxylic acids is 1. The number of urea groups is 1. The predicted octanol–water partition coefficient (Wildman–Crippen LogP) is 2.70. The van der Waals surface area contributed by atoms with Gasteiger partial charge in [0, 0.05) is 24.4 Å². The van der Waals surface area contributed by atoms with Crippen LogP contribution in [0.1, 0.15) is 50.5 Å². The standard InChI is InChI=1S/C21H30N2O4/c24-15-21(12-20(13-21)9-4-10-20)14-22-19(27)23-17(7-8-18(25)26)11-16-5-2-1-3-6-16/h1-3,5-6,17,24H,4,7-15H2,(H,25,26)(H2,22,23,27). The van der Waals surface area contributed by atoms with E-state index in [2.05, 4.69) is 10.6 Å². The average Bonchev–Trinajstić information content (AvgIpc) is 2.58. The van der Waals surface area contributed by atoms with Crippen LogP contribution in [-0.4, -0.2) is 41.4 Å². The summed E-state index contributed by atoms with van der Waals surface area (Å²) >= 11 is 0. The number of amides is 2. The monoisotopic (exact) mass is 374 g/mol. The van der Waals surface area contributed by atoms with Crippen LogP contribution in [0.2, 0.25) is 0 Å². The first kappa shape index (κ1) is 19.7. The molecule has 6 nitrogen and oxygen atoms in total. The van der Waals surface area contributed by atoms with Gasteiger partial charge in [-0.1, -0.05) is 36.8 Å². The van der Waals surface area contributed by atoms with Gasteiger partial charge in [-0.25, -0.2) is 4.79 Å². The molecule has 27 heavy (non-hydrogen) atoms. The van der Waals surface area contributed by atoms with Crippen molar-refractivity contribution in [2.24, 2.45) is 10.8 Å². The molecule has 2 saturated carbocycles. The van der Waals surface area contributed by atoms with Gasteiger partial charge in [0.05, 0.1) is 6.61 Å². The number of carbonyl (C=O) groups excluding carboxylic acids is 1. The number of rotatable bonds is 9. The van der Waals surface area contributed by atoms with Crippen molar-refractivity contribution in [2.45, 2.75) is 57.4 Å². The highest BCUT2D eigenvalue weighted by Gasteiger charge is 2.56. The van der Waals surface area contributed by atoms with E-state index in [1.807, 2.05) is 30.3 Å². The van der Waals surface area contributed by atoms with Crippen molar-refractivity contribution in [1.29, 1.82) is 0 Å². The molecule has 0 aliphatic heterocycles. The van der Waals surface area contributed by atoms with Crippen LogP contribution >= 0.6 is 0 Å². The number of nitrogens with one attached hydrogen (secondary N) is 2. The molecule has 1 aromatic rings. The van der Waals surface area contributed by atoms with E-state index < -0.39 is 5.97 Å². The van der Waals surface area contributed by atoms with Gasteiger partial charge in [0.1, 0.15) is 0 Å². The number of aliphatic carboxylic acids is 1. The predicted molar refractivity (Wildman–Crippen MR) is 102 cm³/mol. The lowest BCUT2D eigenvalue weighted by Crippen LogP contribution is -2.58. The van der Waals surface area contributed by atoms with E-state index in [9.17, 15) is 14.7 Å². The number of carbonyl (C=O) groups is 2. The van der Waals surface area contributed by atoms with Crippen LogP contribution in [0.5, 0.6) is 0 Å². The lowest BCUT2D eigenvalue weighted by Gasteiger charge is -2.60. The molecule has 3 rings (SSSR count). The van der Waals surface area contributed by atoms with Gasteiger partial charge >= 0.3 is 12.0 Å². The van der Waals surface area contributed by atoms with E-state index in [0.717, 1.165) is 18.4 Å². The van der Waals surface area contributed by atoms with Crippen LogP contribution in [0, 0.1) is 10.8 Å². The number of carboxylic acid groups (broad SMARTS) is 1. The summed E-state index contributed by atoms with van der Waals surface area (Å²) in [6.07, 6.45) is 6.74. The van der Waals surface area contributed by atoms with Crippen molar-refractivity contribution in [1.82, 2.24) is 10.6 Å². The number of benzene rings is 1.